The molecule has 0 aliphatic rings. The predicted octanol–water partition coefficient (Wildman–Crippen LogP) is 1.67. The highest BCUT2D eigenvalue weighted by Gasteiger charge is 2.15. The van der Waals surface area contributed by atoms with Crippen LogP contribution >= 0.6 is 11.8 Å². The molecule has 0 bridgehead atoms. The summed E-state index contributed by atoms with van der Waals surface area (Å²) in [5.41, 5.74) is 0. The van der Waals surface area contributed by atoms with E-state index in [4.69, 9.17) is 0 Å². The standard InChI is InChI=1S/C13H31N3O2S2/c1-13(2)14-9-8-11-16(3)20(17,18)15-10-6-5-7-12-19-4/h13-15H,5-12H2,1-4H3. The number of nitrogens with one attached hydrogen (secondary N) is 2. The Morgan fingerprint density at radius 1 is 1.10 bits per heavy atom. The second-order valence-corrected chi connectivity index (χ2v) is 8.08. The minimum absolute atomic E-state index is 0.441. The van der Waals surface area contributed by atoms with Crippen LogP contribution in [0.5, 0.6) is 0 Å². The number of unbranched alkanes of at least 4 members (excludes halogenated alkanes) is 2. The van der Waals surface area contributed by atoms with Crippen LogP contribution in [0.3, 0.4) is 0 Å². The third-order valence-corrected chi connectivity index (χ3v) is 5.19. The molecule has 0 saturated heterocycles. The van der Waals surface area contributed by atoms with Crippen molar-refractivity contribution < 1.29 is 8.42 Å². The number of hydrogen-bond donors (Lipinski definition) is 2. The summed E-state index contributed by atoms with van der Waals surface area (Å²) in [7, 11) is -1.67. The molecule has 0 unspecified atom stereocenters. The molecule has 0 aromatic heterocycles. The number of hydrogen-bond acceptors (Lipinski definition) is 4. The molecule has 7 heteroatoms. The molecular formula is C13H31N3O2S2. The van der Waals surface area contributed by atoms with Gasteiger partial charge in [0.2, 0.25) is 0 Å². The maximum atomic E-state index is 11.9. The fourth-order valence-electron chi connectivity index (χ4n) is 1.67. The lowest BCUT2D eigenvalue weighted by atomic mass is 10.2. The first kappa shape index (κ1) is 20.2. The highest BCUT2D eigenvalue weighted by molar-refractivity contribution is 7.98. The Bertz CT molecular complexity index is 322. The van der Waals surface area contributed by atoms with Gasteiger partial charge < -0.3 is 5.32 Å². The van der Waals surface area contributed by atoms with Crippen LogP contribution in [0.4, 0.5) is 0 Å². The molecule has 0 aromatic carbocycles. The quantitative estimate of drug-likeness (QED) is 0.506. The first-order valence-electron chi connectivity index (χ1n) is 7.33. The van der Waals surface area contributed by atoms with Crippen LogP contribution in [-0.2, 0) is 10.2 Å². The third-order valence-electron chi connectivity index (χ3n) is 2.92. The Kier molecular flexibility index (Phi) is 11.9. The van der Waals surface area contributed by atoms with Gasteiger partial charge in [-0.05, 0) is 37.8 Å². The van der Waals surface area contributed by atoms with Gasteiger partial charge in [0.15, 0.2) is 0 Å². The molecule has 20 heavy (non-hydrogen) atoms. The molecule has 0 radical (unpaired) electrons. The monoisotopic (exact) mass is 325 g/mol. The van der Waals surface area contributed by atoms with Crippen molar-refractivity contribution in [2.24, 2.45) is 0 Å². The van der Waals surface area contributed by atoms with Crippen molar-refractivity contribution in [2.45, 2.75) is 45.6 Å². The van der Waals surface area contributed by atoms with Crippen LogP contribution in [0.15, 0.2) is 0 Å². The van der Waals surface area contributed by atoms with Crippen molar-refractivity contribution in [1.82, 2.24) is 14.3 Å². The molecule has 0 aliphatic heterocycles. The molecular weight excluding hydrogens is 294 g/mol. The molecule has 5 nitrogen and oxygen atoms in total. The summed E-state index contributed by atoms with van der Waals surface area (Å²) in [6.45, 7) is 6.08. The Balaban J connectivity index is 3.74. The van der Waals surface area contributed by atoms with Gasteiger partial charge in [-0.25, -0.2) is 4.72 Å². The number of thioether (sulfide) groups is 1. The number of rotatable bonds is 13. The number of nitrogens with zero attached hydrogens (tertiary/aromatic N) is 1. The summed E-state index contributed by atoms with van der Waals surface area (Å²) in [6, 6.07) is 0.441. The van der Waals surface area contributed by atoms with Crippen LogP contribution in [0, 0.1) is 0 Å². The molecule has 0 aromatic rings. The molecule has 0 fully saturated rings. The smallest absolute Gasteiger partial charge is 0.279 e. The van der Waals surface area contributed by atoms with Crippen LogP contribution in [0.25, 0.3) is 0 Å². The van der Waals surface area contributed by atoms with Crippen LogP contribution in [0.2, 0.25) is 0 Å². The molecule has 0 aliphatic carbocycles. The average molecular weight is 326 g/mol. The predicted molar refractivity (Wildman–Crippen MR) is 89.5 cm³/mol. The highest BCUT2D eigenvalue weighted by atomic mass is 32.2. The van der Waals surface area contributed by atoms with Gasteiger partial charge in [-0.15, -0.1) is 0 Å². The zero-order valence-electron chi connectivity index (χ0n) is 13.3. The fraction of sp³-hybridized carbons (Fsp3) is 1.00. The minimum Gasteiger partial charge on any atom is -0.314 e. The van der Waals surface area contributed by atoms with Gasteiger partial charge in [-0.3, -0.25) is 0 Å². The van der Waals surface area contributed by atoms with E-state index in [1.54, 1.807) is 7.05 Å². The van der Waals surface area contributed by atoms with Crippen LogP contribution < -0.4 is 10.0 Å². The van der Waals surface area contributed by atoms with Crippen LogP contribution in [-0.4, -0.2) is 57.5 Å². The third kappa shape index (κ3) is 10.9. The van der Waals surface area contributed by atoms with E-state index in [0.717, 1.165) is 38.0 Å². The summed E-state index contributed by atoms with van der Waals surface area (Å²) in [5, 5.41) is 3.28. The lowest BCUT2D eigenvalue weighted by Crippen LogP contribution is -2.40. The molecule has 0 amide bonds. The lowest BCUT2D eigenvalue weighted by Gasteiger charge is -2.18. The van der Waals surface area contributed by atoms with Crippen molar-refractivity contribution in [3.8, 4) is 0 Å². The van der Waals surface area contributed by atoms with Gasteiger partial charge in [0, 0.05) is 26.2 Å². The highest BCUT2D eigenvalue weighted by Crippen LogP contribution is 2.02. The Morgan fingerprint density at radius 2 is 1.80 bits per heavy atom. The van der Waals surface area contributed by atoms with E-state index < -0.39 is 10.2 Å². The van der Waals surface area contributed by atoms with E-state index in [-0.39, 0.29) is 0 Å². The second-order valence-electron chi connectivity index (χ2n) is 5.24. The van der Waals surface area contributed by atoms with Crippen molar-refractivity contribution >= 4 is 22.0 Å². The van der Waals surface area contributed by atoms with Gasteiger partial charge in [-0.2, -0.15) is 24.5 Å². The Morgan fingerprint density at radius 3 is 2.40 bits per heavy atom. The van der Waals surface area contributed by atoms with Gasteiger partial charge in [0.25, 0.3) is 10.2 Å². The van der Waals surface area contributed by atoms with E-state index in [9.17, 15) is 8.42 Å². The van der Waals surface area contributed by atoms with E-state index in [0.29, 0.717) is 19.1 Å². The summed E-state index contributed by atoms with van der Waals surface area (Å²) in [4.78, 5) is 0. The molecule has 0 atom stereocenters. The zero-order valence-corrected chi connectivity index (χ0v) is 14.9. The molecule has 0 heterocycles. The first-order valence-corrected chi connectivity index (χ1v) is 10.2. The van der Waals surface area contributed by atoms with Gasteiger partial charge in [-0.1, -0.05) is 20.3 Å². The fourth-order valence-corrected chi connectivity index (χ4v) is 3.16. The van der Waals surface area contributed by atoms with Crippen molar-refractivity contribution in [1.29, 1.82) is 0 Å². The van der Waals surface area contributed by atoms with E-state index >= 15 is 0 Å². The van der Waals surface area contributed by atoms with Gasteiger partial charge in [0.1, 0.15) is 0 Å². The van der Waals surface area contributed by atoms with Crippen LogP contribution in [0.1, 0.15) is 39.5 Å². The summed E-state index contributed by atoms with van der Waals surface area (Å²) < 4.78 is 27.9. The van der Waals surface area contributed by atoms with Gasteiger partial charge in [0.05, 0.1) is 0 Å². The van der Waals surface area contributed by atoms with Gasteiger partial charge >= 0.3 is 0 Å². The minimum atomic E-state index is -3.30. The molecule has 122 valence electrons. The Hall–Kier alpha value is 0.180. The molecule has 0 spiro atoms. The van der Waals surface area contributed by atoms with E-state index in [2.05, 4.69) is 30.1 Å². The lowest BCUT2D eigenvalue weighted by molar-refractivity contribution is 0.438. The largest absolute Gasteiger partial charge is 0.314 e. The SMILES string of the molecule is CSCCCCCNS(=O)(=O)N(C)CCCNC(C)C. The maximum Gasteiger partial charge on any atom is 0.279 e. The average Bonchev–Trinajstić information content (AvgIpc) is 2.38. The van der Waals surface area contributed by atoms with Crippen molar-refractivity contribution in [3.63, 3.8) is 0 Å². The van der Waals surface area contributed by atoms with E-state index in [1.807, 2.05) is 11.8 Å². The molecule has 2 N–H and O–H groups in total. The second kappa shape index (κ2) is 11.8. The molecule has 0 saturated carbocycles. The van der Waals surface area contributed by atoms with E-state index in [1.165, 1.54) is 4.31 Å². The summed E-state index contributed by atoms with van der Waals surface area (Å²) in [5.74, 6) is 1.15. The molecule has 0 rings (SSSR count). The van der Waals surface area contributed by atoms with Crippen molar-refractivity contribution in [2.75, 3.05) is 38.7 Å². The summed E-state index contributed by atoms with van der Waals surface area (Å²) in [6.07, 6.45) is 6.04. The summed E-state index contributed by atoms with van der Waals surface area (Å²) >= 11 is 1.83. The maximum absolute atomic E-state index is 11.9. The topological polar surface area (TPSA) is 61.4 Å². The Labute approximate surface area is 129 Å². The zero-order chi connectivity index (χ0) is 15.4. The van der Waals surface area contributed by atoms with Crippen molar-refractivity contribution in [3.05, 3.63) is 0 Å². The normalized spacial score (nSPS) is 12.5. The first-order chi connectivity index (χ1) is 9.40.